The lowest BCUT2D eigenvalue weighted by molar-refractivity contribution is -0.129. The summed E-state index contributed by atoms with van der Waals surface area (Å²) in [4.78, 5) is 23.5. The van der Waals surface area contributed by atoms with Crippen LogP contribution in [0.2, 0.25) is 0 Å². The molecular formula is C23H33N5OS. The lowest BCUT2D eigenvalue weighted by atomic mass is 10.00. The fraction of sp³-hybridized carbons (Fsp3) is 0.522. The van der Waals surface area contributed by atoms with Crippen molar-refractivity contribution in [2.24, 2.45) is 0 Å². The molecule has 2 N–H and O–H groups in total. The Labute approximate surface area is 184 Å². The molecule has 1 fully saturated rings. The quantitative estimate of drug-likeness (QED) is 0.471. The van der Waals surface area contributed by atoms with Crippen LogP contribution < -0.4 is 10.9 Å². The Bertz CT molecular complexity index is 822. The van der Waals surface area contributed by atoms with Gasteiger partial charge in [-0.15, -0.1) is 0 Å². The van der Waals surface area contributed by atoms with Gasteiger partial charge in [-0.1, -0.05) is 42.1 Å². The average molecular weight is 428 g/mol. The Morgan fingerprint density at radius 1 is 1.17 bits per heavy atom. The van der Waals surface area contributed by atoms with Crippen LogP contribution in [0.3, 0.4) is 0 Å². The van der Waals surface area contributed by atoms with Crippen molar-refractivity contribution < 1.29 is 4.79 Å². The molecule has 162 valence electrons. The van der Waals surface area contributed by atoms with Gasteiger partial charge in [0, 0.05) is 43.5 Å². The molecule has 0 aliphatic carbocycles. The number of amides is 1. The number of hydrogen-bond acceptors (Lipinski definition) is 6. The van der Waals surface area contributed by atoms with E-state index in [-0.39, 0.29) is 5.91 Å². The number of benzene rings is 1. The minimum Gasteiger partial charge on any atom is -0.346 e. The number of aromatic nitrogens is 2. The molecule has 0 spiro atoms. The molecule has 2 unspecified atom stereocenters. The first-order valence-corrected chi connectivity index (χ1v) is 11.9. The van der Waals surface area contributed by atoms with Gasteiger partial charge in [0.25, 0.3) is 0 Å². The third-order valence-electron chi connectivity index (χ3n) is 5.83. The van der Waals surface area contributed by atoms with Gasteiger partial charge in [-0.05, 0) is 56.9 Å². The summed E-state index contributed by atoms with van der Waals surface area (Å²) >= 11 is 1.55. The van der Waals surface area contributed by atoms with Gasteiger partial charge in [0.2, 0.25) is 5.91 Å². The Morgan fingerprint density at radius 3 is 2.53 bits per heavy atom. The second-order valence-electron chi connectivity index (χ2n) is 8.00. The van der Waals surface area contributed by atoms with E-state index in [9.17, 15) is 4.79 Å². The summed E-state index contributed by atoms with van der Waals surface area (Å²) in [6.07, 6.45) is 6.29. The van der Waals surface area contributed by atoms with Crippen LogP contribution in [-0.4, -0.2) is 46.7 Å². The van der Waals surface area contributed by atoms with Crippen LogP contribution in [0.5, 0.6) is 0 Å². The summed E-state index contributed by atoms with van der Waals surface area (Å²) in [6, 6.07) is 11.3. The Kier molecular flexibility index (Phi) is 8.24. The van der Waals surface area contributed by atoms with Crippen molar-refractivity contribution in [1.82, 2.24) is 25.7 Å². The van der Waals surface area contributed by atoms with Crippen LogP contribution in [-0.2, 0) is 11.2 Å². The van der Waals surface area contributed by atoms with Gasteiger partial charge >= 0.3 is 0 Å². The summed E-state index contributed by atoms with van der Waals surface area (Å²) in [5.74, 6) is 0.183. The topological polar surface area (TPSA) is 70.2 Å². The minimum atomic E-state index is 0.183. The van der Waals surface area contributed by atoms with Gasteiger partial charge in [-0.25, -0.2) is 9.97 Å². The van der Waals surface area contributed by atoms with E-state index in [0.29, 0.717) is 24.9 Å². The van der Waals surface area contributed by atoms with Gasteiger partial charge < -0.3 is 4.90 Å². The number of carbonyl (C=O) groups excluding carboxylic acids is 1. The van der Waals surface area contributed by atoms with E-state index in [1.807, 2.05) is 38.1 Å². The van der Waals surface area contributed by atoms with Gasteiger partial charge in [-0.3, -0.25) is 15.6 Å². The van der Waals surface area contributed by atoms with Crippen LogP contribution in [0.1, 0.15) is 54.2 Å². The molecule has 1 aromatic heterocycles. The van der Waals surface area contributed by atoms with Crippen molar-refractivity contribution >= 4 is 17.7 Å². The molecule has 1 amide bonds. The molecule has 1 aliphatic heterocycles. The van der Waals surface area contributed by atoms with E-state index >= 15 is 0 Å². The van der Waals surface area contributed by atoms with Crippen molar-refractivity contribution in [3.05, 3.63) is 52.8 Å². The smallest absolute Gasteiger partial charge is 0.222 e. The van der Waals surface area contributed by atoms with E-state index in [1.165, 1.54) is 5.56 Å². The molecule has 0 saturated carbocycles. The van der Waals surface area contributed by atoms with Gasteiger partial charge in [0.15, 0.2) is 5.16 Å². The molecule has 1 saturated heterocycles. The zero-order valence-corrected chi connectivity index (χ0v) is 19.3. The van der Waals surface area contributed by atoms with Crippen LogP contribution in [0, 0.1) is 13.8 Å². The van der Waals surface area contributed by atoms with Crippen molar-refractivity contribution in [2.45, 2.75) is 63.2 Å². The number of rotatable bonds is 9. The molecule has 0 bridgehead atoms. The first-order valence-electron chi connectivity index (χ1n) is 10.7. The van der Waals surface area contributed by atoms with Gasteiger partial charge in [0.1, 0.15) is 0 Å². The molecule has 6 nitrogen and oxygen atoms in total. The summed E-state index contributed by atoms with van der Waals surface area (Å²) in [5, 5.41) is 0.793. The van der Waals surface area contributed by atoms with Crippen molar-refractivity contribution in [3.8, 4) is 0 Å². The van der Waals surface area contributed by atoms with Crippen LogP contribution in [0.15, 0.2) is 35.5 Å². The van der Waals surface area contributed by atoms with E-state index < -0.39 is 0 Å². The highest BCUT2D eigenvalue weighted by atomic mass is 32.2. The van der Waals surface area contributed by atoms with E-state index in [2.05, 4.69) is 45.1 Å². The van der Waals surface area contributed by atoms with Crippen LogP contribution in [0.25, 0.3) is 0 Å². The lowest BCUT2D eigenvalue weighted by Gasteiger charge is -2.19. The highest BCUT2D eigenvalue weighted by molar-refractivity contribution is 7.98. The first-order chi connectivity index (χ1) is 14.5. The summed E-state index contributed by atoms with van der Waals surface area (Å²) in [6.45, 7) is 4.79. The molecule has 7 heteroatoms. The number of nitrogens with one attached hydrogen (secondary N) is 2. The SMILES string of the molecule is CSc1nc(C)c(CCC(=O)N(C)CCCC2CC(c3ccccc3)NN2)c(C)n1. The van der Waals surface area contributed by atoms with Crippen LogP contribution >= 0.6 is 11.8 Å². The zero-order valence-electron chi connectivity index (χ0n) is 18.4. The molecule has 1 aliphatic rings. The first kappa shape index (κ1) is 22.7. The maximum Gasteiger partial charge on any atom is 0.222 e. The van der Waals surface area contributed by atoms with Crippen molar-refractivity contribution in [1.29, 1.82) is 0 Å². The predicted molar refractivity (Wildman–Crippen MR) is 122 cm³/mol. The third-order valence-corrected chi connectivity index (χ3v) is 6.38. The standard InChI is InChI=1S/C23H33N5OS/c1-16-20(17(2)25-23(24-16)30-4)12-13-22(29)28(3)14-8-11-19-15-21(27-26-19)18-9-6-5-7-10-18/h5-7,9-10,19,21,26-27H,8,11-15H2,1-4H3. The van der Waals surface area contributed by atoms with E-state index in [0.717, 1.165) is 47.9 Å². The molecule has 2 heterocycles. The molecule has 2 atom stereocenters. The number of hydrazine groups is 1. The highest BCUT2D eigenvalue weighted by Gasteiger charge is 2.24. The number of hydrogen-bond donors (Lipinski definition) is 2. The predicted octanol–water partition coefficient (Wildman–Crippen LogP) is 3.59. The van der Waals surface area contributed by atoms with Gasteiger partial charge in [0.05, 0.1) is 0 Å². The molecule has 2 aromatic rings. The Balaban J connectivity index is 1.39. The van der Waals surface area contributed by atoms with Crippen LogP contribution in [0.4, 0.5) is 0 Å². The summed E-state index contributed by atoms with van der Waals surface area (Å²) < 4.78 is 0. The molecule has 1 aromatic carbocycles. The fourth-order valence-corrected chi connectivity index (χ4v) is 4.46. The van der Waals surface area contributed by atoms with Gasteiger partial charge in [-0.2, -0.15) is 0 Å². The number of carbonyl (C=O) groups is 1. The van der Waals surface area contributed by atoms with Crippen molar-refractivity contribution in [2.75, 3.05) is 19.8 Å². The third kappa shape index (κ3) is 6.03. The lowest BCUT2D eigenvalue weighted by Crippen LogP contribution is -2.32. The second kappa shape index (κ2) is 10.9. The van der Waals surface area contributed by atoms with E-state index in [4.69, 9.17) is 0 Å². The molecular weight excluding hydrogens is 394 g/mol. The second-order valence-corrected chi connectivity index (χ2v) is 8.78. The largest absolute Gasteiger partial charge is 0.346 e. The summed E-state index contributed by atoms with van der Waals surface area (Å²) in [5.41, 5.74) is 11.2. The highest BCUT2D eigenvalue weighted by Crippen LogP contribution is 2.24. The number of thioether (sulfide) groups is 1. The fourth-order valence-electron chi connectivity index (χ4n) is 4.00. The van der Waals surface area contributed by atoms with E-state index in [1.54, 1.807) is 11.8 Å². The summed E-state index contributed by atoms with van der Waals surface area (Å²) in [7, 11) is 1.91. The maximum atomic E-state index is 12.6. The maximum absolute atomic E-state index is 12.6. The Hall–Kier alpha value is -1.96. The zero-order chi connectivity index (χ0) is 21.5. The monoisotopic (exact) mass is 427 g/mol. The Morgan fingerprint density at radius 2 is 1.87 bits per heavy atom. The molecule has 30 heavy (non-hydrogen) atoms. The van der Waals surface area contributed by atoms with Crippen molar-refractivity contribution in [3.63, 3.8) is 0 Å². The average Bonchev–Trinajstić information content (AvgIpc) is 3.22. The normalized spacial score (nSPS) is 18.5. The molecule has 0 radical (unpaired) electrons. The number of aryl methyl sites for hydroxylation is 2. The number of nitrogens with zero attached hydrogens (tertiary/aromatic N) is 3. The molecule has 3 rings (SSSR count). The minimum absolute atomic E-state index is 0.183.